The van der Waals surface area contributed by atoms with Gasteiger partial charge >= 0.3 is 11.8 Å². The maximum atomic E-state index is 12.8. The second-order valence-corrected chi connectivity index (χ2v) is 9.60. The molecule has 0 bridgehead atoms. The smallest absolute Gasteiger partial charge is 0.309 e. The van der Waals surface area contributed by atoms with Crippen LogP contribution in [0.1, 0.15) is 24.0 Å². The Morgan fingerprint density at radius 2 is 1.75 bits per heavy atom. The average molecular weight is 387 g/mol. The zero-order chi connectivity index (χ0) is 17.7. The molecule has 0 fully saturated rings. The summed E-state index contributed by atoms with van der Waals surface area (Å²) in [6, 6.07) is 6.49. The van der Waals surface area contributed by atoms with E-state index in [9.17, 15) is 18.0 Å². The number of nitrogens with one attached hydrogen (secondary N) is 2. The first-order valence-corrected chi connectivity index (χ1v) is 10.5. The van der Waals surface area contributed by atoms with Gasteiger partial charge in [0.05, 0.1) is 0 Å². The summed E-state index contributed by atoms with van der Waals surface area (Å²) in [6.45, 7) is 3.31. The van der Waals surface area contributed by atoms with E-state index in [-0.39, 0.29) is 16.8 Å². The van der Waals surface area contributed by atoms with Crippen LogP contribution in [0.3, 0.4) is 0 Å². The summed E-state index contributed by atoms with van der Waals surface area (Å²) >= 11 is 2.43. The van der Waals surface area contributed by atoms with Gasteiger partial charge in [0.15, 0.2) is 9.84 Å². The van der Waals surface area contributed by atoms with Crippen molar-refractivity contribution in [3.63, 3.8) is 0 Å². The highest BCUT2D eigenvalue weighted by Gasteiger charge is 2.31. The predicted molar refractivity (Wildman–Crippen MR) is 94.9 cm³/mol. The molecule has 0 aliphatic rings. The second kappa shape index (κ2) is 7.91. The van der Waals surface area contributed by atoms with Gasteiger partial charge in [-0.1, -0.05) is 12.1 Å². The molecular formula is C15H18N2O4S3. The SMILES string of the molecule is CC(C)NC(=O)C(=O)NC[C@H](c1cccs1)S(=O)(=O)c1cccs1. The number of hydrogen-bond acceptors (Lipinski definition) is 6. The van der Waals surface area contributed by atoms with Crippen molar-refractivity contribution in [1.82, 2.24) is 10.6 Å². The first-order chi connectivity index (χ1) is 11.3. The van der Waals surface area contributed by atoms with Crippen LogP contribution >= 0.6 is 22.7 Å². The largest absolute Gasteiger partial charge is 0.346 e. The number of carbonyl (C=O) groups is 2. The molecule has 2 aromatic rings. The molecule has 2 heterocycles. The summed E-state index contributed by atoms with van der Waals surface area (Å²) in [7, 11) is -3.64. The molecule has 0 spiro atoms. The molecular weight excluding hydrogens is 368 g/mol. The van der Waals surface area contributed by atoms with Crippen molar-refractivity contribution in [1.29, 1.82) is 0 Å². The van der Waals surface area contributed by atoms with Crippen LogP contribution in [-0.2, 0) is 19.4 Å². The van der Waals surface area contributed by atoms with Crippen LogP contribution in [0.4, 0.5) is 0 Å². The van der Waals surface area contributed by atoms with Crippen molar-refractivity contribution in [2.24, 2.45) is 0 Å². The number of sulfone groups is 1. The quantitative estimate of drug-likeness (QED) is 0.743. The molecule has 24 heavy (non-hydrogen) atoms. The van der Waals surface area contributed by atoms with E-state index in [0.717, 1.165) is 11.3 Å². The molecule has 1 atom stereocenters. The van der Waals surface area contributed by atoms with E-state index in [1.807, 2.05) is 0 Å². The van der Waals surface area contributed by atoms with Crippen molar-refractivity contribution >= 4 is 44.3 Å². The average Bonchev–Trinajstić information content (AvgIpc) is 3.20. The molecule has 6 nitrogen and oxygen atoms in total. The third-order valence-corrected chi connectivity index (χ3v) is 7.73. The van der Waals surface area contributed by atoms with E-state index in [4.69, 9.17) is 0 Å². The number of rotatable bonds is 6. The fourth-order valence-corrected chi connectivity index (χ4v) is 5.99. The van der Waals surface area contributed by atoms with Crippen molar-refractivity contribution in [3.05, 3.63) is 39.9 Å². The van der Waals surface area contributed by atoms with Crippen LogP contribution in [0, 0.1) is 0 Å². The Morgan fingerprint density at radius 3 is 2.29 bits per heavy atom. The Kier molecular flexibility index (Phi) is 6.14. The monoisotopic (exact) mass is 386 g/mol. The fraction of sp³-hybridized carbons (Fsp3) is 0.333. The molecule has 2 N–H and O–H groups in total. The van der Waals surface area contributed by atoms with Gasteiger partial charge < -0.3 is 10.6 Å². The molecule has 0 radical (unpaired) electrons. The van der Waals surface area contributed by atoms with Crippen molar-refractivity contribution < 1.29 is 18.0 Å². The van der Waals surface area contributed by atoms with Crippen LogP contribution in [0.15, 0.2) is 39.2 Å². The van der Waals surface area contributed by atoms with Crippen LogP contribution in [0.5, 0.6) is 0 Å². The minimum atomic E-state index is -3.64. The van der Waals surface area contributed by atoms with Gasteiger partial charge in [0, 0.05) is 17.5 Å². The molecule has 0 aliphatic heterocycles. The second-order valence-electron chi connectivity index (χ2n) is 5.32. The van der Waals surface area contributed by atoms with Gasteiger partial charge in [-0.3, -0.25) is 9.59 Å². The Morgan fingerprint density at radius 1 is 1.08 bits per heavy atom. The van der Waals surface area contributed by atoms with E-state index >= 15 is 0 Å². The van der Waals surface area contributed by atoms with Crippen LogP contribution in [0.25, 0.3) is 0 Å². The normalized spacial score (nSPS) is 12.8. The lowest BCUT2D eigenvalue weighted by molar-refractivity contribution is -0.139. The molecule has 0 aromatic carbocycles. The number of amides is 2. The minimum Gasteiger partial charge on any atom is -0.346 e. The highest BCUT2D eigenvalue weighted by atomic mass is 32.2. The Labute approximate surface area is 148 Å². The lowest BCUT2D eigenvalue weighted by atomic mass is 10.3. The third kappa shape index (κ3) is 4.43. The highest BCUT2D eigenvalue weighted by Crippen LogP contribution is 2.33. The van der Waals surface area contributed by atoms with E-state index < -0.39 is 26.9 Å². The zero-order valence-corrected chi connectivity index (χ0v) is 15.6. The molecule has 9 heteroatoms. The summed E-state index contributed by atoms with van der Waals surface area (Å²) < 4.78 is 25.9. The van der Waals surface area contributed by atoms with Crippen molar-refractivity contribution in [2.45, 2.75) is 29.3 Å². The summed E-state index contributed by atoms with van der Waals surface area (Å²) in [6.07, 6.45) is 0. The topological polar surface area (TPSA) is 92.3 Å². The van der Waals surface area contributed by atoms with Crippen molar-refractivity contribution in [3.8, 4) is 0 Å². The van der Waals surface area contributed by atoms with Gasteiger partial charge in [0.2, 0.25) is 0 Å². The number of carbonyl (C=O) groups excluding carboxylic acids is 2. The zero-order valence-electron chi connectivity index (χ0n) is 13.2. The molecule has 130 valence electrons. The van der Waals surface area contributed by atoms with E-state index in [1.165, 1.54) is 17.4 Å². The molecule has 0 unspecified atom stereocenters. The van der Waals surface area contributed by atoms with Gasteiger partial charge in [-0.2, -0.15) is 0 Å². The van der Waals surface area contributed by atoms with Crippen LogP contribution in [0.2, 0.25) is 0 Å². The lowest BCUT2D eigenvalue weighted by Crippen LogP contribution is -2.44. The summed E-state index contributed by atoms with van der Waals surface area (Å²) in [5, 5.41) is 7.44. The van der Waals surface area contributed by atoms with Gasteiger partial charge in [0.1, 0.15) is 9.46 Å². The third-order valence-electron chi connectivity index (χ3n) is 3.08. The molecule has 2 aromatic heterocycles. The first-order valence-electron chi connectivity index (χ1n) is 7.22. The molecule has 2 rings (SSSR count). The van der Waals surface area contributed by atoms with Crippen LogP contribution < -0.4 is 10.6 Å². The maximum Gasteiger partial charge on any atom is 0.309 e. The summed E-state index contributed by atoms with van der Waals surface area (Å²) in [5.41, 5.74) is 0. The number of thiophene rings is 2. The fourth-order valence-electron chi connectivity index (χ4n) is 2.00. The standard InChI is InChI=1S/C15H18N2O4S3/c1-10(2)17-15(19)14(18)16-9-12(11-5-3-7-22-11)24(20,21)13-6-4-8-23-13/h3-8,10,12H,9H2,1-2H3,(H,16,18)(H,17,19)/t12-/m1/s1. The van der Waals surface area contributed by atoms with Gasteiger partial charge in [0.25, 0.3) is 0 Å². The number of hydrogen-bond donors (Lipinski definition) is 2. The van der Waals surface area contributed by atoms with Crippen LogP contribution in [-0.4, -0.2) is 32.8 Å². The van der Waals surface area contributed by atoms with E-state index in [0.29, 0.717) is 4.88 Å². The van der Waals surface area contributed by atoms with Gasteiger partial charge in [-0.05, 0) is 36.7 Å². The van der Waals surface area contributed by atoms with E-state index in [2.05, 4.69) is 10.6 Å². The summed E-state index contributed by atoms with van der Waals surface area (Å²) in [5.74, 6) is -1.62. The molecule has 2 amide bonds. The Bertz CT molecular complexity index is 781. The molecule has 0 saturated carbocycles. The van der Waals surface area contributed by atoms with Gasteiger partial charge in [-0.25, -0.2) is 8.42 Å². The minimum absolute atomic E-state index is 0.162. The van der Waals surface area contributed by atoms with Gasteiger partial charge in [-0.15, -0.1) is 22.7 Å². The highest BCUT2D eigenvalue weighted by molar-refractivity contribution is 7.93. The summed E-state index contributed by atoms with van der Waals surface area (Å²) in [4.78, 5) is 24.1. The van der Waals surface area contributed by atoms with E-state index in [1.54, 1.807) is 42.8 Å². The molecule has 0 saturated heterocycles. The first kappa shape index (κ1) is 18.6. The Hall–Kier alpha value is -1.71. The maximum absolute atomic E-state index is 12.8. The predicted octanol–water partition coefficient (Wildman–Crippen LogP) is 1.97. The van der Waals surface area contributed by atoms with Crippen molar-refractivity contribution in [2.75, 3.05) is 6.54 Å². The Balaban J connectivity index is 2.17. The lowest BCUT2D eigenvalue weighted by Gasteiger charge is -2.16. The molecule has 0 aliphatic carbocycles.